The summed E-state index contributed by atoms with van der Waals surface area (Å²) in [6.45, 7) is 5.77. The SMILES string of the molecule is CC(C)Oc1ccc(CNC(=O)N[C@H](C)c2cnn(C)c2)cc1F. The Balaban J connectivity index is 1.86. The van der Waals surface area contributed by atoms with Crippen molar-refractivity contribution in [3.8, 4) is 5.75 Å². The van der Waals surface area contributed by atoms with E-state index in [-0.39, 0.29) is 30.5 Å². The summed E-state index contributed by atoms with van der Waals surface area (Å²) in [7, 11) is 1.82. The third-order valence-corrected chi connectivity index (χ3v) is 3.38. The number of benzene rings is 1. The average molecular weight is 334 g/mol. The van der Waals surface area contributed by atoms with E-state index >= 15 is 0 Å². The second-order valence-corrected chi connectivity index (χ2v) is 5.93. The molecule has 1 aromatic heterocycles. The van der Waals surface area contributed by atoms with E-state index in [1.807, 2.05) is 34.0 Å². The molecule has 7 heteroatoms. The van der Waals surface area contributed by atoms with Crippen LogP contribution in [0.2, 0.25) is 0 Å². The number of carbonyl (C=O) groups is 1. The largest absolute Gasteiger partial charge is 0.488 e. The molecule has 0 radical (unpaired) electrons. The summed E-state index contributed by atoms with van der Waals surface area (Å²) in [5.41, 5.74) is 1.57. The molecule has 1 atom stereocenters. The van der Waals surface area contributed by atoms with Gasteiger partial charge in [0.05, 0.1) is 18.3 Å². The topological polar surface area (TPSA) is 68.2 Å². The molecule has 0 aliphatic heterocycles. The number of nitrogens with zero attached hydrogens (tertiary/aromatic N) is 2. The Kier molecular flexibility index (Phi) is 5.78. The highest BCUT2D eigenvalue weighted by atomic mass is 19.1. The third kappa shape index (κ3) is 4.97. The van der Waals surface area contributed by atoms with Crippen molar-refractivity contribution in [2.24, 2.45) is 7.05 Å². The Bertz CT molecular complexity index is 700. The summed E-state index contributed by atoms with van der Waals surface area (Å²) in [5, 5.41) is 9.59. The lowest BCUT2D eigenvalue weighted by Gasteiger charge is -2.14. The molecule has 24 heavy (non-hydrogen) atoms. The number of hydrogen-bond donors (Lipinski definition) is 2. The van der Waals surface area contributed by atoms with Crippen molar-refractivity contribution in [1.82, 2.24) is 20.4 Å². The van der Waals surface area contributed by atoms with Crippen LogP contribution in [0.1, 0.15) is 37.9 Å². The van der Waals surface area contributed by atoms with Gasteiger partial charge in [-0.1, -0.05) is 6.07 Å². The van der Waals surface area contributed by atoms with Crippen molar-refractivity contribution in [2.75, 3.05) is 0 Å². The molecule has 2 rings (SSSR count). The lowest BCUT2D eigenvalue weighted by atomic mass is 10.2. The lowest BCUT2D eigenvalue weighted by molar-refractivity contribution is 0.231. The number of halogens is 1. The Labute approximate surface area is 141 Å². The van der Waals surface area contributed by atoms with Gasteiger partial charge < -0.3 is 15.4 Å². The number of nitrogens with one attached hydrogen (secondary N) is 2. The fourth-order valence-electron chi connectivity index (χ4n) is 2.18. The molecule has 130 valence electrons. The Morgan fingerprint density at radius 3 is 2.71 bits per heavy atom. The molecule has 0 bridgehead atoms. The smallest absolute Gasteiger partial charge is 0.315 e. The first-order chi connectivity index (χ1) is 11.3. The van der Waals surface area contributed by atoms with Crippen LogP contribution >= 0.6 is 0 Å². The molecule has 2 amide bonds. The van der Waals surface area contributed by atoms with Gasteiger partial charge in [0, 0.05) is 25.4 Å². The Hall–Kier alpha value is -2.57. The normalized spacial score (nSPS) is 12.1. The van der Waals surface area contributed by atoms with Crippen LogP contribution in [0.15, 0.2) is 30.6 Å². The summed E-state index contributed by atoms with van der Waals surface area (Å²) in [6, 6.07) is 4.17. The van der Waals surface area contributed by atoms with Crippen LogP contribution in [0.3, 0.4) is 0 Å². The highest BCUT2D eigenvalue weighted by Crippen LogP contribution is 2.19. The zero-order chi connectivity index (χ0) is 17.7. The molecular weight excluding hydrogens is 311 g/mol. The summed E-state index contributed by atoms with van der Waals surface area (Å²) in [4.78, 5) is 11.9. The number of carbonyl (C=O) groups excluding carboxylic acids is 1. The number of rotatable bonds is 6. The van der Waals surface area contributed by atoms with E-state index in [0.29, 0.717) is 5.56 Å². The van der Waals surface area contributed by atoms with Crippen molar-refractivity contribution in [3.05, 3.63) is 47.5 Å². The molecule has 0 aliphatic rings. The molecular formula is C17H23FN4O2. The highest BCUT2D eigenvalue weighted by Gasteiger charge is 2.11. The van der Waals surface area contributed by atoms with Crippen LogP contribution in [0.5, 0.6) is 5.75 Å². The molecule has 2 aromatic rings. The van der Waals surface area contributed by atoms with Crippen molar-refractivity contribution < 1.29 is 13.9 Å². The Morgan fingerprint density at radius 1 is 1.38 bits per heavy atom. The zero-order valence-corrected chi connectivity index (χ0v) is 14.3. The van der Waals surface area contributed by atoms with Gasteiger partial charge in [-0.15, -0.1) is 0 Å². The van der Waals surface area contributed by atoms with Gasteiger partial charge >= 0.3 is 6.03 Å². The van der Waals surface area contributed by atoms with Gasteiger partial charge in [0.25, 0.3) is 0 Å². The van der Waals surface area contributed by atoms with Crippen LogP contribution < -0.4 is 15.4 Å². The van der Waals surface area contributed by atoms with Gasteiger partial charge in [-0.2, -0.15) is 5.10 Å². The zero-order valence-electron chi connectivity index (χ0n) is 14.3. The monoisotopic (exact) mass is 334 g/mol. The van der Waals surface area contributed by atoms with Crippen LogP contribution in [0.4, 0.5) is 9.18 Å². The van der Waals surface area contributed by atoms with Gasteiger partial charge in [0.1, 0.15) is 0 Å². The van der Waals surface area contributed by atoms with Crippen molar-refractivity contribution >= 4 is 6.03 Å². The van der Waals surface area contributed by atoms with E-state index in [4.69, 9.17) is 4.74 Å². The van der Waals surface area contributed by atoms with E-state index in [1.54, 1.807) is 23.0 Å². The van der Waals surface area contributed by atoms with Crippen LogP contribution in [0.25, 0.3) is 0 Å². The first-order valence-electron chi connectivity index (χ1n) is 7.83. The second kappa shape index (κ2) is 7.81. The summed E-state index contributed by atoms with van der Waals surface area (Å²) in [6.07, 6.45) is 3.45. The molecule has 2 N–H and O–H groups in total. The van der Waals surface area contributed by atoms with E-state index in [9.17, 15) is 9.18 Å². The van der Waals surface area contributed by atoms with Crippen LogP contribution in [-0.2, 0) is 13.6 Å². The van der Waals surface area contributed by atoms with Gasteiger partial charge in [0.2, 0.25) is 0 Å². The van der Waals surface area contributed by atoms with Crippen molar-refractivity contribution in [1.29, 1.82) is 0 Å². The minimum Gasteiger partial charge on any atom is -0.488 e. The summed E-state index contributed by atoms with van der Waals surface area (Å²) in [5.74, 6) is -0.226. The molecule has 1 heterocycles. The van der Waals surface area contributed by atoms with Crippen LogP contribution in [0, 0.1) is 5.82 Å². The maximum atomic E-state index is 13.9. The van der Waals surface area contributed by atoms with Gasteiger partial charge in [-0.3, -0.25) is 4.68 Å². The average Bonchev–Trinajstić information content (AvgIpc) is 2.94. The first kappa shape index (κ1) is 17.8. The number of aromatic nitrogens is 2. The molecule has 0 saturated heterocycles. The number of hydrogen-bond acceptors (Lipinski definition) is 3. The standard InChI is InChI=1S/C17H23FN4O2/c1-11(2)24-16-6-5-13(7-15(16)18)8-19-17(23)21-12(3)14-9-20-22(4)10-14/h5-7,9-12H,8H2,1-4H3,(H2,19,21,23)/t12-/m1/s1. The first-order valence-corrected chi connectivity index (χ1v) is 7.83. The molecule has 0 spiro atoms. The molecule has 6 nitrogen and oxygen atoms in total. The third-order valence-electron chi connectivity index (χ3n) is 3.38. The van der Waals surface area contributed by atoms with Gasteiger partial charge in [-0.25, -0.2) is 9.18 Å². The maximum Gasteiger partial charge on any atom is 0.315 e. The fraction of sp³-hybridized carbons (Fsp3) is 0.412. The quantitative estimate of drug-likeness (QED) is 0.853. The molecule has 0 saturated carbocycles. The number of urea groups is 1. The second-order valence-electron chi connectivity index (χ2n) is 5.93. The van der Waals surface area contributed by atoms with E-state index in [1.165, 1.54) is 6.07 Å². The minimum absolute atomic E-state index is 0.0942. The number of amides is 2. The molecule has 0 aliphatic carbocycles. The lowest BCUT2D eigenvalue weighted by Crippen LogP contribution is -2.36. The van der Waals surface area contributed by atoms with Gasteiger partial charge in [0.15, 0.2) is 11.6 Å². The Morgan fingerprint density at radius 2 is 2.12 bits per heavy atom. The fourth-order valence-corrected chi connectivity index (χ4v) is 2.18. The van der Waals surface area contributed by atoms with Crippen molar-refractivity contribution in [2.45, 2.75) is 39.5 Å². The summed E-state index contributed by atoms with van der Waals surface area (Å²) < 4.78 is 20.9. The summed E-state index contributed by atoms with van der Waals surface area (Å²) >= 11 is 0. The van der Waals surface area contributed by atoms with Crippen LogP contribution in [-0.4, -0.2) is 21.9 Å². The minimum atomic E-state index is -0.438. The molecule has 0 fully saturated rings. The predicted molar refractivity (Wildman–Crippen MR) is 89.2 cm³/mol. The van der Waals surface area contributed by atoms with Gasteiger partial charge in [-0.05, 0) is 38.5 Å². The maximum absolute atomic E-state index is 13.9. The van der Waals surface area contributed by atoms with Crippen molar-refractivity contribution in [3.63, 3.8) is 0 Å². The van der Waals surface area contributed by atoms with E-state index < -0.39 is 5.82 Å². The number of ether oxygens (including phenoxy) is 1. The molecule has 1 aromatic carbocycles. The number of aryl methyl sites for hydroxylation is 1. The highest BCUT2D eigenvalue weighted by molar-refractivity contribution is 5.74. The van der Waals surface area contributed by atoms with E-state index in [2.05, 4.69) is 15.7 Å². The predicted octanol–water partition coefficient (Wildman–Crippen LogP) is 2.91. The molecule has 0 unspecified atom stereocenters. The van der Waals surface area contributed by atoms with E-state index in [0.717, 1.165) is 5.56 Å².